The van der Waals surface area contributed by atoms with Crippen LogP contribution in [-0.2, 0) is 16.1 Å². The zero-order valence-corrected chi connectivity index (χ0v) is 17.4. The standard InChI is InChI=1S/C22H28N4O4/c1-3-23-22(26-11-9-17(10-12-26)21(28)29-2)24-15-16-6-4-7-18(14-16)25-20(27)19-8-5-13-30-19/h4-8,13-14,17H,3,9-12,15H2,1-2H3,(H,23,24)(H,25,27). The number of piperidine rings is 1. The molecule has 0 saturated carbocycles. The van der Waals surface area contributed by atoms with E-state index in [1.807, 2.05) is 31.2 Å². The zero-order valence-electron chi connectivity index (χ0n) is 17.4. The molecule has 0 aliphatic carbocycles. The van der Waals surface area contributed by atoms with Crippen molar-refractivity contribution in [3.05, 3.63) is 54.0 Å². The molecule has 2 heterocycles. The van der Waals surface area contributed by atoms with Gasteiger partial charge in [0, 0.05) is 25.3 Å². The van der Waals surface area contributed by atoms with E-state index in [9.17, 15) is 9.59 Å². The highest BCUT2D eigenvalue weighted by Crippen LogP contribution is 2.19. The number of amides is 1. The number of hydrogen-bond donors (Lipinski definition) is 2. The number of carbonyl (C=O) groups is 2. The Balaban J connectivity index is 1.62. The fourth-order valence-corrected chi connectivity index (χ4v) is 3.43. The van der Waals surface area contributed by atoms with Gasteiger partial charge in [0.25, 0.3) is 5.91 Å². The van der Waals surface area contributed by atoms with E-state index < -0.39 is 0 Å². The normalized spacial score (nSPS) is 15.0. The largest absolute Gasteiger partial charge is 0.469 e. The third-order valence-electron chi connectivity index (χ3n) is 5.01. The molecular formula is C22H28N4O4. The number of furan rings is 1. The molecule has 1 aromatic heterocycles. The van der Waals surface area contributed by atoms with E-state index in [4.69, 9.17) is 14.1 Å². The third-order valence-corrected chi connectivity index (χ3v) is 5.01. The molecule has 0 spiro atoms. The van der Waals surface area contributed by atoms with Crippen LogP contribution >= 0.6 is 0 Å². The van der Waals surface area contributed by atoms with Crippen LogP contribution in [0.2, 0.25) is 0 Å². The van der Waals surface area contributed by atoms with Crippen molar-refractivity contribution in [3.63, 3.8) is 0 Å². The molecule has 2 N–H and O–H groups in total. The topological polar surface area (TPSA) is 96.2 Å². The van der Waals surface area contributed by atoms with E-state index in [1.165, 1.54) is 13.4 Å². The number of benzene rings is 1. The van der Waals surface area contributed by atoms with E-state index in [-0.39, 0.29) is 23.6 Å². The van der Waals surface area contributed by atoms with Gasteiger partial charge in [0.15, 0.2) is 11.7 Å². The molecule has 8 heteroatoms. The molecule has 3 rings (SSSR count). The van der Waals surface area contributed by atoms with E-state index in [0.717, 1.165) is 44.0 Å². The maximum atomic E-state index is 12.2. The van der Waals surface area contributed by atoms with Crippen LogP contribution in [0.4, 0.5) is 5.69 Å². The summed E-state index contributed by atoms with van der Waals surface area (Å²) in [5, 5.41) is 6.15. The number of esters is 1. The molecule has 2 aromatic rings. The summed E-state index contributed by atoms with van der Waals surface area (Å²) in [7, 11) is 1.44. The van der Waals surface area contributed by atoms with Crippen molar-refractivity contribution in [1.29, 1.82) is 0 Å². The highest BCUT2D eigenvalue weighted by atomic mass is 16.5. The van der Waals surface area contributed by atoms with E-state index >= 15 is 0 Å². The van der Waals surface area contributed by atoms with Gasteiger partial charge in [0.2, 0.25) is 0 Å². The molecule has 30 heavy (non-hydrogen) atoms. The van der Waals surface area contributed by atoms with Crippen LogP contribution in [0.25, 0.3) is 0 Å². The number of rotatable bonds is 6. The minimum Gasteiger partial charge on any atom is -0.469 e. The Morgan fingerprint density at radius 2 is 2.03 bits per heavy atom. The van der Waals surface area contributed by atoms with E-state index in [0.29, 0.717) is 12.2 Å². The van der Waals surface area contributed by atoms with Crippen LogP contribution in [0.15, 0.2) is 52.1 Å². The SMILES string of the molecule is CCNC(=NCc1cccc(NC(=O)c2ccco2)c1)N1CCC(C(=O)OC)CC1. The molecule has 1 aliphatic heterocycles. The lowest BCUT2D eigenvalue weighted by Gasteiger charge is -2.33. The van der Waals surface area contributed by atoms with Gasteiger partial charge < -0.3 is 24.7 Å². The molecule has 160 valence electrons. The maximum Gasteiger partial charge on any atom is 0.308 e. The highest BCUT2D eigenvalue weighted by Gasteiger charge is 2.26. The molecule has 1 amide bonds. The van der Waals surface area contributed by atoms with Gasteiger partial charge in [-0.3, -0.25) is 9.59 Å². The number of aliphatic imine (C=N–C) groups is 1. The predicted molar refractivity (Wildman–Crippen MR) is 114 cm³/mol. The maximum absolute atomic E-state index is 12.2. The lowest BCUT2D eigenvalue weighted by molar-refractivity contribution is -0.146. The van der Waals surface area contributed by atoms with Gasteiger partial charge in [-0.25, -0.2) is 4.99 Å². The number of nitrogens with one attached hydrogen (secondary N) is 2. The van der Waals surface area contributed by atoms with Gasteiger partial charge in [-0.2, -0.15) is 0 Å². The van der Waals surface area contributed by atoms with Crippen molar-refractivity contribution < 1.29 is 18.7 Å². The number of carbonyl (C=O) groups excluding carboxylic acids is 2. The number of ether oxygens (including phenoxy) is 1. The van der Waals surface area contributed by atoms with Crippen LogP contribution in [0.3, 0.4) is 0 Å². The Hall–Kier alpha value is -3.29. The summed E-state index contributed by atoms with van der Waals surface area (Å²) < 4.78 is 9.98. The van der Waals surface area contributed by atoms with Crippen LogP contribution < -0.4 is 10.6 Å². The minimum absolute atomic E-state index is 0.0384. The smallest absolute Gasteiger partial charge is 0.308 e. The summed E-state index contributed by atoms with van der Waals surface area (Å²) in [6, 6.07) is 10.9. The second kappa shape index (κ2) is 10.5. The summed E-state index contributed by atoms with van der Waals surface area (Å²) in [6.07, 6.45) is 2.98. The Morgan fingerprint density at radius 1 is 1.23 bits per heavy atom. The highest BCUT2D eigenvalue weighted by molar-refractivity contribution is 6.02. The number of nitrogens with zero attached hydrogens (tertiary/aromatic N) is 2. The number of hydrogen-bond acceptors (Lipinski definition) is 5. The Morgan fingerprint density at radius 3 is 2.70 bits per heavy atom. The van der Waals surface area contributed by atoms with Gasteiger partial charge in [0.05, 0.1) is 25.8 Å². The van der Waals surface area contributed by atoms with Crippen molar-refractivity contribution in [3.8, 4) is 0 Å². The Labute approximate surface area is 176 Å². The molecule has 0 atom stereocenters. The summed E-state index contributed by atoms with van der Waals surface area (Å²) in [5.74, 6) is 0.630. The molecule has 0 unspecified atom stereocenters. The van der Waals surface area contributed by atoms with Gasteiger partial charge >= 0.3 is 5.97 Å². The molecule has 0 radical (unpaired) electrons. The fraction of sp³-hybridized carbons (Fsp3) is 0.409. The van der Waals surface area contributed by atoms with Crippen molar-refractivity contribution >= 4 is 23.5 Å². The minimum atomic E-state index is -0.289. The first-order valence-electron chi connectivity index (χ1n) is 10.2. The lowest BCUT2D eigenvalue weighted by Crippen LogP contribution is -2.46. The monoisotopic (exact) mass is 412 g/mol. The molecule has 1 saturated heterocycles. The van der Waals surface area contributed by atoms with Crippen molar-refractivity contribution in [1.82, 2.24) is 10.2 Å². The van der Waals surface area contributed by atoms with Crippen molar-refractivity contribution in [2.45, 2.75) is 26.3 Å². The number of methoxy groups -OCH3 is 1. The summed E-state index contributed by atoms with van der Waals surface area (Å²) in [5.41, 5.74) is 1.67. The first-order chi connectivity index (χ1) is 14.6. The van der Waals surface area contributed by atoms with E-state index in [2.05, 4.69) is 15.5 Å². The quantitative estimate of drug-likeness (QED) is 0.430. The molecule has 8 nitrogen and oxygen atoms in total. The summed E-state index contributed by atoms with van der Waals surface area (Å²) in [6.45, 7) is 4.77. The second-order valence-corrected chi connectivity index (χ2v) is 7.09. The molecule has 0 bridgehead atoms. The lowest BCUT2D eigenvalue weighted by atomic mass is 9.97. The molecule has 1 aromatic carbocycles. The zero-order chi connectivity index (χ0) is 21.3. The van der Waals surface area contributed by atoms with Crippen LogP contribution in [0.1, 0.15) is 35.9 Å². The first-order valence-corrected chi connectivity index (χ1v) is 10.2. The number of likely N-dealkylation sites (tertiary alicyclic amines) is 1. The average Bonchev–Trinajstić information content (AvgIpc) is 3.32. The van der Waals surface area contributed by atoms with Crippen LogP contribution in [-0.4, -0.2) is 49.5 Å². The molecule has 1 fully saturated rings. The summed E-state index contributed by atoms with van der Waals surface area (Å²) in [4.78, 5) is 30.8. The van der Waals surface area contributed by atoms with Crippen LogP contribution in [0, 0.1) is 5.92 Å². The van der Waals surface area contributed by atoms with Crippen molar-refractivity contribution in [2.24, 2.45) is 10.9 Å². The third kappa shape index (κ3) is 5.62. The van der Waals surface area contributed by atoms with E-state index in [1.54, 1.807) is 12.1 Å². The van der Waals surface area contributed by atoms with Crippen LogP contribution in [0.5, 0.6) is 0 Å². The second-order valence-electron chi connectivity index (χ2n) is 7.09. The summed E-state index contributed by atoms with van der Waals surface area (Å²) >= 11 is 0. The molecule has 1 aliphatic rings. The Bertz CT molecular complexity index is 871. The number of anilines is 1. The number of guanidine groups is 1. The first kappa shape index (κ1) is 21.4. The van der Waals surface area contributed by atoms with Crippen molar-refractivity contribution in [2.75, 3.05) is 32.1 Å². The van der Waals surface area contributed by atoms with Gasteiger partial charge in [0.1, 0.15) is 0 Å². The van der Waals surface area contributed by atoms with Gasteiger partial charge in [-0.1, -0.05) is 12.1 Å². The average molecular weight is 412 g/mol. The molecular weight excluding hydrogens is 384 g/mol. The fourth-order valence-electron chi connectivity index (χ4n) is 3.43. The van der Waals surface area contributed by atoms with Gasteiger partial charge in [-0.05, 0) is 49.6 Å². The predicted octanol–water partition coefficient (Wildman–Crippen LogP) is 2.88. The Kier molecular flexibility index (Phi) is 7.48. The van der Waals surface area contributed by atoms with Gasteiger partial charge in [-0.15, -0.1) is 0 Å².